The molecular weight excluding hydrogens is 572 g/mol. The maximum atomic E-state index is 14.0. The summed E-state index contributed by atoms with van der Waals surface area (Å²) in [6.07, 6.45) is 3.34. The average molecular weight is 607 g/mol. The zero-order valence-electron chi connectivity index (χ0n) is 23.7. The number of aromatic nitrogens is 1. The number of benzene rings is 2. The SMILES string of the molecule is O=C(CO)C(C[C@@H]1CCNC1=O)NC(=O)[C@@H]1[C@H]2CCC[C@H]2CN1C(=O)c1cc2c(Cl)ccc(OCc3ccccc3)c2[nH]1. The standard InChI is InChI=1S/C32H35ClN4O6/c33-23-9-10-27(43-17-18-5-2-1-3-6-18)28-22(23)14-25(35-28)32(42)37-15-20-7-4-8-21(20)29(37)31(41)36-24(26(39)16-38)13-19-11-12-34-30(19)40/h1-3,5-6,9-10,14,19-21,24,29,35,38H,4,7-8,11-13,15-17H2,(H,34,40)(H,36,41)/t19-,20-,21-,24?,29-/m0/s1. The first-order valence-electron chi connectivity index (χ1n) is 14.8. The molecule has 6 rings (SSSR count). The van der Waals surface area contributed by atoms with Crippen molar-refractivity contribution >= 4 is 46.0 Å². The number of ketones is 1. The van der Waals surface area contributed by atoms with E-state index in [0.29, 0.717) is 47.8 Å². The summed E-state index contributed by atoms with van der Waals surface area (Å²) in [6, 6.07) is 13.1. The first kappa shape index (κ1) is 29.2. The van der Waals surface area contributed by atoms with Crippen molar-refractivity contribution in [1.82, 2.24) is 20.5 Å². The predicted octanol–water partition coefficient (Wildman–Crippen LogP) is 3.21. The molecule has 3 aliphatic rings. The van der Waals surface area contributed by atoms with Gasteiger partial charge in [-0.3, -0.25) is 19.2 Å². The lowest BCUT2D eigenvalue weighted by Gasteiger charge is -2.29. The normalized spacial score (nSPS) is 23.7. The van der Waals surface area contributed by atoms with E-state index in [-0.39, 0.29) is 35.8 Å². The number of H-pyrrole nitrogens is 1. The first-order chi connectivity index (χ1) is 20.8. The van der Waals surface area contributed by atoms with Crippen LogP contribution in [0.4, 0.5) is 0 Å². The van der Waals surface area contributed by atoms with Crippen LogP contribution >= 0.6 is 11.6 Å². The molecule has 2 saturated heterocycles. The van der Waals surface area contributed by atoms with Crippen LogP contribution in [0.5, 0.6) is 5.75 Å². The number of fused-ring (bicyclic) bond motifs is 2. The Labute approximate surface area is 254 Å². The number of halogens is 1. The summed E-state index contributed by atoms with van der Waals surface area (Å²) in [4.78, 5) is 57.5. The summed E-state index contributed by atoms with van der Waals surface area (Å²) in [6.45, 7) is 0.530. The maximum absolute atomic E-state index is 14.0. The van der Waals surface area contributed by atoms with Gasteiger partial charge in [-0.1, -0.05) is 48.4 Å². The molecule has 1 unspecified atom stereocenters. The number of aliphatic hydroxyl groups excluding tert-OH is 1. The van der Waals surface area contributed by atoms with Crippen LogP contribution in [-0.4, -0.2) is 70.3 Å². The number of hydrogen-bond donors (Lipinski definition) is 4. The Morgan fingerprint density at radius 1 is 1.12 bits per heavy atom. The molecule has 1 saturated carbocycles. The summed E-state index contributed by atoms with van der Waals surface area (Å²) in [5.74, 6) is -1.23. The molecule has 2 aromatic carbocycles. The molecule has 3 amide bonds. The summed E-state index contributed by atoms with van der Waals surface area (Å²) >= 11 is 6.52. The van der Waals surface area contributed by atoms with Crippen LogP contribution in [0.1, 0.15) is 48.2 Å². The summed E-state index contributed by atoms with van der Waals surface area (Å²) in [5, 5.41) is 16.2. The number of Topliss-reactive ketones (excluding diaryl/α,β-unsaturated/α-hetero) is 1. The third-order valence-electron chi connectivity index (χ3n) is 9.13. The second kappa shape index (κ2) is 12.4. The van der Waals surface area contributed by atoms with Gasteiger partial charge in [-0.25, -0.2) is 0 Å². The fraction of sp³-hybridized carbons (Fsp3) is 0.438. The van der Waals surface area contributed by atoms with Crippen molar-refractivity contribution in [1.29, 1.82) is 0 Å². The lowest BCUT2D eigenvalue weighted by molar-refractivity contribution is -0.133. The zero-order valence-corrected chi connectivity index (χ0v) is 24.4. The highest BCUT2D eigenvalue weighted by molar-refractivity contribution is 6.35. The van der Waals surface area contributed by atoms with E-state index >= 15 is 0 Å². The quantitative estimate of drug-likeness (QED) is 0.279. The number of ether oxygens (including phenoxy) is 1. The molecule has 11 heteroatoms. The highest BCUT2D eigenvalue weighted by Crippen LogP contribution is 2.43. The van der Waals surface area contributed by atoms with E-state index in [0.717, 1.165) is 24.8 Å². The summed E-state index contributed by atoms with van der Waals surface area (Å²) < 4.78 is 6.08. The number of carbonyl (C=O) groups is 4. The first-order valence-corrected chi connectivity index (χ1v) is 15.2. The molecule has 43 heavy (non-hydrogen) atoms. The fourth-order valence-corrected chi connectivity index (χ4v) is 7.14. The highest BCUT2D eigenvalue weighted by Gasteiger charge is 2.50. The third-order valence-corrected chi connectivity index (χ3v) is 9.46. The number of likely N-dealkylation sites (tertiary alicyclic amines) is 1. The Balaban J connectivity index is 1.24. The van der Waals surface area contributed by atoms with Crippen LogP contribution in [0, 0.1) is 17.8 Å². The van der Waals surface area contributed by atoms with Crippen molar-refractivity contribution in [3.63, 3.8) is 0 Å². The van der Waals surface area contributed by atoms with E-state index in [4.69, 9.17) is 16.3 Å². The van der Waals surface area contributed by atoms with Gasteiger partial charge in [0, 0.05) is 24.4 Å². The molecule has 3 aromatic rings. The van der Waals surface area contributed by atoms with Gasteiger partial charge in [0.2, 0.25) is 11.8 Å². The minimum absolute atomic E-state index is 0.0404. The van der Waals surface area contributed by atoms with Crippen molar-refractivity contribution in [2.24, 2.45) is 17.8 Å². The van der Waals surface area contributed by atoms with Crippen LogP contribution in [-0.2, 0) is 21.0 Å². The van der Waals surface area contributed by atoms with E-state index in [1.807, 2.05) is 30.3 Å². The van der Waals surface area contributed by atoms with Crippen molar-refractivity contribution in [2.75, 3.05) is 19.7 Å². The molecular formula is C32H35ClN4O6. The molecule has 5 atom stereocenters. The number of carbonyl (C=O) groups excluding carboxylic acids is 4. The van der Waals surface area contributed by atoms with Crippen LogP contribution in [0.15, 0.2) is 48.5 Å². The van der Waals surface area contributed by atoms with Crippen molar-refractivity contribution in [3.05, 3.63) is 64.8 Å². The van der Waals surface area contributed by atoms with Crippen molar-refractivity contribution in [2.45, 2.75) is 50.8 Å². The predicted molar refractivity (Wildman–Crippen MR) is 159 cm³/mol. The van der Waals surface area contributed by atoms with Gasteiger partial charge >= 0.3 is 0 Å². The van der Waals surface area contributed by atoms with Gasteiger partial charge in [0.25, 0.3) is 5.91 Å². The highest BCUT2D eigenvalue weighted by atomic mass is 35.5. The topological polar surface area (TPSA) is 141 Å². The van der Waals surface area contributed by atoms with Crippen LogP contribution in [0.2, 0.25) is 5.02 Å². The number of hydrogen-bond acceptors (Lipinski definition) is 6. The molecule has 3 heterocycles. The second-order valence-electron chi connectivity index (χ2n) is 11.7. The smallest absolute Gasteiger partial charge is 0.271 e. The van der Waals surface area contributed by atoms with E-state index in [1.165, 1.54) is 0 Å². The van der Waals surface area contributed by atoms with Gasteiger partial charge in [0.15, 0.2) is 5.78 Å². The van der Waals surface area contributed by atoms with Crippen LogP contribution in [0.25, 0.3) is 10.9 Å². The van der Waals surface area contributed by atoms with Gasteiger partial charge in [-0.15, -0.1) is 0 Å². The Hall–Kier alpha value is -3.89. The van der Waals surface area contributed by atoms with E-state index < -0.39 is 36.3 Å². The van der Waals surface area contributed by atoms with E-state index in [2.05, 4.69) is 15.6 Å². The second-order valence-corrected chi connectivity index (χ2v) is 12.2. The number of rotatable bonds is 10. The zero-order chi connectivity index (χ0) is 30.1. The molecule has 2 aliphatic heterocycles. The molecule has 1 aromatic heterocycles. The number of aliphatic hydroxyl groups is 1. The molecule has 0 radical (unpaired) electrons. The van der Waals surface area contributed by atoms with Crippen molar-refractivity contribution in [3.8, 4) is 5.75 Å². The number of aromatic amines is 1. The Morgan fingerprint density at radius 2 is 1.93 bits per heavy atom. The molecule has 10 nitrogen and oxygen atoms in total. The number of amides is 3. The monoisotopic (exact) mass is 606 g/mol. The minimum Gasteiger partial charge on any atom is -0.487 e. The fourth-order valence-electron chi connectivity index (χ4n) is 6.93. The Kier molecular flexibility index (Phi) is 8.41. The lowest BCUT2D eigenvalue weighted by atomic mass is 9.92. The molecule has 3 fully saturated rings. The largest absolute Gasteiger partial charge is 0.487 e. The number of nitrogens with zero attached hydrogens (tertiary/aromatic N) is 1. The van der Waals surface area contributed by atoms with Crippen LogP contribution < -0.4 is 15.4 Å². The van der Waals surface area contributed by atoms with Gasteiger partial charge in [-0.2, -0.15) is 0 Å². The van der Waals surface area contributed by atoms with Gasteiger partial charge in [0.05, 0.1) is 16.6 Å². The van der Waals surface area contributed by atoms with E-state index in [1.54, 1.807) is 23.1 Å². The molecule has 4 N–H and O–H groups in total. The minimum atomic E-state index is -1.01. The lowest BCUT2D eigenvalue weighted by Crippen LogP contribution is -2.53. The third kappa shape index (κ3) is 5.86. The van der Waals surface area contributed by atoms with Gasteiger partial charge < -0.3 is 30.4 Å². The number of nitrogens with one attached hydrogen (secondary N) is 3. The molecule has 0 spiro atoms. The van der Waals surface area contributed by atoms with Gasteiger partial charge in [0.1, 0.15) is 30.7 Å². The molecule has 1 aliphatic carbocycles. The van der Waals surface area contributed by atoms with E-state index in [9.17, 15) is 24.3 Å². The van der Waals surface area contributed by atoms with Crippen molar-refractivity contribution < 1.29 is 29.0 Å². The Bertz CT molecular complexity index is 1540. The summed E-state index contributed by atoms with van der Waals surface area (Å²) in [7, 11) is 0. The van der Waals surface area contributed by atoms with Gasteiger partial charge in [-0.05, 0) is 61.3 Å². The molecule has 0 bridgehead atoms. The Morgan fingerprint density at radius 3 is 2.67 bits per heavy atom. The average Bonchev–Trinajstić information content (AvgIpc) is 3.81. The molecule has 226 valence electrons. The maximum Gasteiger partial charge on any atom is 0.271 e. The van der Waals surface area contributed by atoms with Crippen LogP contribution in [0.3, 0.4) is 0 Å². The summed E-state index contributed by atoms with van der Waals surface area (Å²) in [5.41, 5.74) is 1.88.